The lowest BCUT2D eigenvalue weighted by Crippen LogP contribution is -2.18. The van der Waals surface area contributed by atoms with Crippen molar-refractivity contribution in [3.63, 3.8) is 0 Å². The Balaban J connectivity index is 1.28. The van der Waals surface area contributed by atoms with Crippen LogP contribution in [-0.4, -0.2) is 11.1 Å². The van der Waals surface area contributed by atoms with Crippen molar-refractivity contribution >= 4 is 44.6 Å². The summed E-state index contributed by atoms with van der Waals surface area (Å²) < 4.78 is 0. The smallest absolute Gasteiger partial charge is 0.335 e. The van der Waals surface area contributed by atoms with Crippen LogP contribution in [0.25, 0.3) is 54.9 Å². The molecule has 0 heterocycles. The number of carbonyl (C=O) groups is 1. The third kappa shape index (κ3) is 4.51. The second-order valence-electron chi connectivity index (χ2n) is 15.8. The number of benzene rings is 8. The van der Waals surface area contributed by atoms with E-state index in [1.807, 2.05) is 12.1 Å². The lowest BCUT2D eigenvalue weighted by molar-refractivity contribution is 0.0697. The summed E-state index contributed by atoms with van der Waals surface area (Å²) in [4.78, 5) is 14.3. The van der Waals surface area contributed by atoms with Crippen LogP contribution in [0.2, 0.25) is 0 Å². The Kier molecular flexibility index (Phi) is 6.88. The van der Waals surface area contributed by atoms with Crippen molar-refractivity contribution in [3.05, 3.63) is 186 Å². The largest absolute Gasteiger partial charge is 0.478 e. The normalized spacial score (nSPS) is 14.4. The van der Waals surface area contributed by atoms with E-state index in [0.29, 0.717) is 0 Å². The fourth-order valence-corrected chi connectivity index (χ4v) is 9.51. The zero-order chi connectivity index (χ0) is 36.9. The molecule has 0 unspecified atom stereocenters. The third-order valence-electron chi connectivity index (χ3n) is 12.2. The molecule has 0 radical (unpaired) electrons. The van der Waals surface area contributed by atoms with E-state index in [0.717, 1.165) is 49.7 Å². The first kappa shape index (κ1) is 32.2. The molecule has 2 aliphatic rings. The van der Waals surface area contributed by atoms with E-state index in [2.05, 4.69) is 166 Å². The number of anilines is 3. The Labute approximate surface area is 315 Å². The summed E-state index contributed by atoms with van der Waals surface area (Å²) >= 11 is 0. The van der Waals surface area contributed by atoms with Gasteiger partial charge in [0.15, 0.2) is 0 Å². The summed E-state index contributed by atoms with van der Waals surface area (Å²) in [6, 6.07) is 56.3. The summed E-state index contributed by atoms with van der Waals surface area (Å²) in [5.41, 5.74) is 15.9. The van der Waals surface area contributed by atoms with Crippen LogP contribution in [-0.2, 0) is 10.8 Å². The molecule has 3 heteroatoms. The highest BCUT2D eigenvalue weighted by molar-refractivity contribution is 6.22. The summed E-state index contributed by atoms with van der Waals surface area (Å²) in [6.07, 6.45) is 0. The van der Waals surface area contributed by atoms with E-state index in [1.54, 1.807) is 12.1 Å². The quantitative estimate of drug-likeness (QED) is 0.182. The standard InChI is InChI=1S/C51H39NO2/c1-50(2)43-19-11-9-13-35(43)37-27-25-33(29-45(37)50)52(34-26-28-38-36-14-10-12-20-44(36)51(3,4)46(38)30-34)48-41-17-7-5-15-39(41)47(40-16-6-8-18-42(40)48)31-21-23-32(24-22-31)49(53)54/h5-30H,1-4H3,(H,53,54). The number of carboxylic acid groups (broad SMARTS) is 1. The summed E-state index contributed by atoms with van der Waals surface area (Å²) in [6.45, 7) is 9.37. The SMILES string of the molecule is CC1(C)c2ccccc2-c2ccc(N(c3ccc4c(c3)C(C)(C)c3ccccc3-4)c3c4ccccc4c(-c4ccc(C(=O)O)cc4)c4ccccc34)cc21. The molecule has 8 aromatic carbocycles. The molecule has 0 spiro atoms. The van der Waals surface area contributed by atoms with E-state index < -0.39 is 5.97 Å². The Morgan fingerprint density at radius 2 is 0.870 bits per heavy atom. The molecule has 0 saturated heterocycles. The van der Waals surface area contributed by atoms with Gasteiger partial charge in [-0.05, 0) is 103 Å². The van der Waals surface area contributed by atoms with E-state index in [1.165, 1.54) is 44.5 Å². The molecule has 0 atom stereocenters. The van der Waals surface area contributed by atoms with Gasteiger partial charge in [-0.25, -0.2) is 4.79 Å². The average molecular weight is 698 g/mol. The van der Waals surface area contributed by atoms with Crippen molar-refractivity contribution < 1.29 is 9.90 Å². The molecule has 0 fully saturated rings. The predicted molar refractivity (Wildman–Crippen MR) is 224 cm³/mol. The first-order valence-electron chi connectivity index (χ1n) is 18.7. The van der Waals surface area contributed by atoms with Crippen LogP contribution in [0.5, 0.6) is 0 Å². The van der Waals surface area contributed by atoms with Crippen LogP contribution < -0.4 is 4.90 Å². The molecule has 0 amide bonds. The molecule has 54 heavy (non-hydrogen) atoms. The molecule has 3 nitrogen and oxygen atoms in total. The van der Waals surface area contributed by atoms with Gasteiger partial charge < -0.3 is 10.0 Å². The Hall–Kier alpha value is -6.45. The molecule has 0 aromatic heterocycles. The van der Waals surface area contributed by atoms with E-state index in [-0.39, 0.29) is 16.4 Å². The van der Waals surface area contributed by atoms with Gasteiger partial charge in [-0.2, -0.15) is 0 Å². The highest BCUT2D eigenvalue weighted by Gasteiger charge is 2.38. The zero-order valence-electron chi connectivity index (χ0n) is 30.8. The van der Waals surface area contributed by atoms with Gasteiger partial charge in [-0.1, -0.05) is 149 Å². The summed E-state index contributed by atoms with van der Waals surface area (Å²) in [7, 11) is 0. The van der Waals surface area contributed by atoms with Crippen LogP contribution in [0, 0.1) is 0 Å². The average Bonchev–Trinajstić information content (AvgIpc) is 3.57. The van der Waals surface area contributed by atoms with E-state index in [9.17, 15) is 9.90 Å². The predicted octanol–water partition coefficient (Wildman–Crippen LogP) is 13.4. The molecule has 8 aromatic rings. The number of carboxylic acids is 1. The number of fused-ring (bicyclic) bond motifs is 8. The maximum atomic E-state index is 11.8. The zero-order valence-corrected chi connectivity index (χ0v) is 30.8. The number of aromatic carboxylic acids is 1. The van der Waals surface area contributed by atoms with E-state index in [4.69, 9.17) is 0 Å². The van der Waals surface area contributed by atoms with Gasteiger partial charge in [-0.15, -0.1) is 0 Å². The van der Waals surface area contributed by atoms with Crippen molar-refractivity contribution in [2.45, 2.75) is 38.5 Å². The number of hydrogen-bond acceptors (Lipinski definition) is 2. The van der Waals surface area contributed by atoms with E-state index >= 15 is 0 Å². The maximum Gasteiger partial charge on any atom is 0.335 e. The number of nitrogens with zero attached hydrogens (tertiary/aromatic N) is 1. The minimum Gasteiger partial charge on any atom is -0.478 e. The molecule has 260 valence electrons. The van der Waals surface area contributed by atoms with Crippen molar-refractivity contribution in [3.8, 4) is 33.4 Å². The Bertz CT molecular complexity index is 2700. The van der Waals surface area contributed by atoms with Gasteiger partial charge in [0.2, 0.25) is 0 Å². The first-order valence-corrected chi connectivity index (χ1v) is 18.7. The monoisotopic (exact) mass is 697 g/mol. The first-order chi connectivity index (χ1) is 26.1. The molecule has 0 aliphatic heterocycles. The molecular formula is C51H39NO2. The fraction of sp³-hybridized carbons (Fsp3) is 0.118. The van der Waals surface area contributed by atoms with Gasteiger partial charge in [0.25, 0.3) is 0 Å². The van der Waals surface area contributed by atoms with Crippen LogP contribution in [0.1, 0.15) is 60.3 Å². The van der Waals surface area contributed by atoms with Gasteiger partial charge in [0, 0.05) is 33.0 Å². The van der Waals surface area contributed by atoms with Crippen LogP contribution in [0.4, 0.5) is 17.1 Å². The highest BCUT2D eigenvalue weighted by Crippen LogP contribution is 2.55. The van der Waals surface area contributed by atoms with Crippen molar-refractivity contribution in [1.82, 2.24) is 0 Å². The molecule has 0 saturated carbocycles. The van der Waals surface area contributed by atoms with Gasteiger partial charge >= 0.3 is 5.97 Å². The summed E-state index contributed by atoms with van der Waals surface area (Å²) in [5, 5.41) is 14.2. The van der Waals surface area contributed by atoms with Crippen molar-refractivity contribution in [1.29, 1.82) is 0 Å². The maximum absolute atomic E-state index is 11.8. The molecule has 2 aliphatic carbocycles. The lowest BCUT2D eigenvalue weighted by Gasteiger charge is -2.32. The topological polar surface area (TPSA) is 40.5 Å². The minimum atomic E-state index is -0.927. The fourth-order valence-electron chi connectivity index (χ4n) is 9.51. The summed E-state index contributed by atoms with van der Waals surface area (Å²) in [5.74, 6) is -0.927. The Morgan fingerprint density at radius 3 is 1.33 bits per heavy atom. The molecule has 0 bridgehead atoms. The highest BCUT2D eigenvalue weighted by atomic mass is 16.4. The second kappa shape index (κ2) is 11.5. The number of hydrogen-bond donors (Lipinski definition) is 1. The molecule has 10 rings (SSSR count). The number of rotatable bonds is 5. The Morgan fingerprint density at radius 1 is 0.463 bits per heavy atom. The van der Waals surface area contributed by atoms with Crippen LogP contribution in [0.3, 0.4) is 0 Å². The lowest BCUT2D eigenvalue weighted by atomic mass is 9.82. The van der Waals surface area contributed by atoms with Crippen LogP contribution >= 0.6 is 0 Å². The van der Waals surface area contributed by atoms with Gasteiger partial charge in [0.1, 0.15) is 0 Å². The van der Waals surface area contributed by atoms with Crippen LogP contribution in [0.15, 0.2) is 158 Å². The van der Waals surface area contributed by atoms with Gasteiger partial charge in [-0.3, -0.25) is 0 Å². The third-order valence-corrected chi connectivity index (χ3v) is 12.2. The van der Waals surface area contributed by atoms with Crippen molar-refractivity contribution in [2.24, 2.45) is 0 Å². The minimum absolute atomic E-state index is 0.161. The molecule has 1 N–H and O–H groups in total. The van der Waals surface area contributed by atoms with Crippen molar-refractivity contribution in [2.75, 3.05) is 4.90 Å². The second-order valence-corrected chi connectivity index (χ2v) is 15.8. The van der Waals surface area contributed by atoms with Gasteiger partial charge in [0.05, 0.1) is 11.3 Å². The molecular weight excluding hydrogens is 659 g/mol.